The van der Waals surface area contributed by atoms with Crippen LogP contribution in [0.15, 0.2) is 46.4 Å². The molecule has 1 aromatic heterocycles. The van der Waals surface area contributed by atoms with Gasteiger partial charge >= 0.3 is 0 Å². The number of aromatic amines is 1. The van der Waals surface area contributed by atoms with Crippen LogP contribution in [0.25, 0.3) is 22.4 Å². The van der Waals surface area contributed by atoms with E-state index in [1.165, 1.54) is 13.5 Å². The van der Waals surface area contributed by atoms with Gasteiger partial charge in [-0.25, -0.2) is 9.98 Å². The molecule has 6 N–H and O–H groups in total. The molecule has 1 fully saturated rings. The molecule has 1 aliphatic carbocycles. The predicted octanol–water partition coefficient (Wildman–Crippen LogP) is 3.05. The van der Waals surface area contributed by atoms with Crippen molar-refractivity contribution in [2.75, 3.05) is 12.0 Å². The molecule has 0 atom stereocenters. The monoisotopic (exact) mass is 419 g/mol. The highest BCUT2D eigenvalue weighted by atomic mass is 16.5. The van der Waals surface area contributed by atoms with Crippen molar-refractivity contribution in [2.45, 2.75) is 37.8 Å². The van der Waals surface area contributed by atoms with Gasteiger partial charge in [0.2, 0.25) is 11.9 Å². The lowest BCUT2D eigenvalue weighted by Gasteiger charge is -2.45. The molecule has 0 bridgehead atoms. The molecule has 1 spiro atoms. The summed E-state index contributed by atoms with van der Waals surface area (Å²) in [4.78, 5) is 19.0. The van der Waals surface area contributed by atoms with E-state index >= 15 is 0 Å². The Hall–Kier alpha value is -3.75. The number of anilines is 1. The standard InChI is InChI=1S/C22H25N7O2/c1-31-18-11-13(5-8-17(18)30)19-25-15-7-6-14(12-16(15)26-19)29-21(24)27-20(23)28-22(29)9-3-2-4-10-22/h5-8,11-12,30H,2-4,9-10H2,1H3,(H,25,26)(H4,23,24,27,28). The average Bonchev–Trinajstić information content (AvgIpc) is 3.17. The number of H-pyrrole nitrogens is 1. The molecule has 5 rings (SSSR count). The zero-order valence-corrected chi connectivity index (χ0v) is 17.3. The first-order valence-corrected chi connectivity index (χ1v) is 10.4. The lowest BCUT2D eigenvalue weighted by Crippen LogP contribution is -2.58. The van der Waals surface area contributed by atoms with Gasteiger partial charge in [0.15, 0.2) is 11.5 Å². The maximum atomic E-state index is 9.86. The summed E-state index contributed by atoms with van der Waals surface area (Å²) in [6.07, 6.45) is 5.08. The molecular formula is C22H25N7O2. The number of nitrogens with one attached hydrogen (secondary N) is 1. The molecule has 1 aliphatic heterocycles. The van der Waals surface area contributed by atoms with Crippen LogP contribution >= 0.6 is 0 Å². The van der Waals surface area contributed by atoms with Crippen molar-refractivity contribution in [1.82, 2.24) is 9.97 Å². The summed E-state index contributed by atoms with van der Waals surface area (Å²) in [6, 6.07) is 11.1. The normalized spacial score (nSPS) is 18.2. The van der Waals surface area contributed by atoms with Crippen LogP contribution < -0.4 is 21.1 Å². The van der Waals surface area contributed by atoms with E-state index in [0.29, 0.717) is 17.5 Å². The quantitative estimate of drug-likeness (QED) is 0.515. The van der Waals surface area contributed by atoms with Crippen LogP contribution in [0.3, 0.4) is 0 Å². The van der Waals surface area contributed by atoms with Crippen molar-refractivity contribution < 1.29 is 9.84 Å². The number of hydrogen-bond donors (Lipinski definition) is 4. The van der Waals surface area contributed by atoms with E-state index in [2.05, 4.69) is 15.0 Å². The number of phenolic OH excluding ortho intramolecular Hbond substituents is 1. The molecular weight excluding hydrogens is 394 g/mol. The van der Waals surface area contributed by atoms with Crippen molar-refractivity contribution in [2.24, 2.45) is 21.5 Å². The van der Waals surface area contributed by atoms with Gasteiger partial charge in [0, 0.05) is 11.3 Å². The highest BCUT2D eigenvalue weighted by Gasteiger charge is 2.42. The molecule has 9 nitrogen and oxygen atoms in total. The van der Waals surface area contributed by atoms with Gasteiger partial charge < -0.3 is 26.3 Å². The highest BCUT2D eigenvalue weighted by molar-refractivity contribution is 6.06. The van der Waals surface area contributed by atoms with E-state index in [9.17, 15) is 5.11 Å². The van der Waals surface area contributed by atoms with Gasteiger partial charge in [0.05, 0.1) is 18.1 Å². The number of rotatable bonds is 3. The first-order valence-electron chi connectivity index (χ1n) is 10.4. The molecule has 2 aliphatic rings. The van der Waals surface area contributed by atoms with E-state index < -0.39 is 5.66 Å². The Morgan fingerprint density at radius 1 is 1.10 bits per heavy atom. The molecule has 1 saturated carbocycles. The zero-order chi connectivity index (χ0) is 21.6. The van der Waals surface area contributed by atoms with Crippen LogP contribution in [-0.4, -0.2) is 39.8 Å². The number of methoxy groups -OCH3 is 1. The molecule has 3 aromatic rings. The summed E-state index contributed by atoms with van der Waals surface area (Å²) in [5.74, 6) is 1.76. The second-order valence-electron chi connectivity index (χ2n) is 7.99. The summed E-state index contributed by atoms with van der Waals surface area (Å²) in [5.41, 5.74) is 15.2. The van der Waals surface area contributed by atoms with E-state index in [1.54, 1.807) is 18.2 Å². The maximum Gasteiger partial charge on any atom is 0.220 e. The van der Waals surface area contributed by atoms with Crippen LogP contribution in [0, 0.1) is 0 Å². The Morgan fingerprint density at radius 3 is 2.68 bits per heavy atom. The highest BCUT2D eigenvalue weighted by Crippen LogP contribution is 2.40. The topological polar surface area (TPSA) is 138 Å². The van der Waals surface area contributed by atoms with Crippen LogP contribution in [0.5, 0.6) is 11.5 Å². The van der Waals surface area contributed by atoms with Crippen molar-refractivity contribution in [1.29, 1.82) is 0 Å². The minimum absolute atomic E-state index is 0.0853. The van der Waals surface area contributed by atoms with Gasteiger partial charge in [0.1, 0.15) is 11.5 Å². The smallest absolute Gasteiger partial charge is 0.220 e. The van der Waals surface area contributed by atoms with E-state index in [-0.39, 0.29) is 11.7 Å². The third-order valence-corrected chi connectivity index (χ3v) is 6.03. The molecule has 0 radical (unpaired) electrons. The zero-order valence-electron chi connectivity index (χ0n) is 17.3. The Balaban J connectivity index is 1.56. The molecule has 160 valence electrons. The summed E-state index contributed by atoms with van der Waals surface area (Å²) in [6.45, 7) is 0. The van der Waals surface area contributed by atoms with Crippen LogP contribution in [-0.2, 0) is 0 Å². The van der Waals surface area contributed by atoms with E-state index in [4.69, 9.17) is 21.2 Å². The Kier molecular flexibility index (Phi) is 4.46. The molecule has 0 saturated heterocycles. The van der Waals surface area contributed by atoms with Crippen molar-refractivity contribution in [3.8, 4) is 22.9 Å². The first kappa shape index (κ1) is 19.2. The van der Waals surface area contributed by atoms with Crippen molar-refractivity contribution in [3.63, 3.8) is 0 Å². The SMILES string of the molecule is COc1cc(-c2nc3ccc(N4C(N)=NC(N)=NC45CCCCC5)cc3[nH]2)ccc1O. The fourth-order valence-electron chi connectivity index (χ4n) is 4.59. The van der Waals surface area contributed by atoms with Gasteiger partial charge in [0.25, 0.3) is 0 Å². The maximum absolute atomic E-state index is 9.86. The number of fused-ring (bicyclic) bond motifs is 1. The number of nitrogens with two attached hydrogens (primary N) is 2. The number of aromatic nitrogens is 2. The van der Waals surface area contributed by atoms with Crippen LogP contribution in [0.1, 0.15) is 32.1 Å². The lowest BCUT2D eigenvalue weighted by atomic mass is 9.87. The Labute approximate surface area is 179 Å². The molecule has 0 amide bonds. The minimum atomic E-state index is -0.491. The number of ether oxygens (including phenoxy) is 1. The fourth-order valence-corrected chi connectivity index (χ4v) is 4.59. The summed E-state index contributed by atoms with van der Waals surface area (Å²) < 4.78 is 5.22. The second-order valence-corrected chi connectivity index (χ2v) is 7.99. The first-order chi connectivity index (χ1) is 15.0. The fraction of sp³-hybridized carbons (Fsp3) is 0.318. The number of benzene rings is 2. The van der Waals surface area contributed by atoms with Gasteiger partial charge in [-0.15, -0.1) is 0 Å². The number of phenols is 1. The molecule has 2 aromatic carbocycles. The van der Waals surface area contributed by atoms with E-state index in [0.717, 1.165) is 48.0 Å². The third-order valence-electron chi connectivity index (χ3n) is 6.03. The van der Waals surface area contributed by atoms with Crippen molar-refractivity contribution >= 4 is 28.6 Å². The van der Waals surface area contributed by atoms with E-state index in [1.807, 2.05) is 23.1 Å². The molecule has 31 heavy (non-hydrogen) atoms. The van der Waals surface area contributed by atoms with Crippen LogP contribution in [0.2, 0.25) is 0 Å². The largest absolute Gasteiger partial charge is 0.504 e. The van der Waals surface area contributed by atoms with Crippen LogP contribution in [0.4, 0.5) is 5.69 Å². The number of imidazole rings is 1. The Morgan fingerprint density at radius 2 is 1.90 bits per heavy atom. The molecule has 2 heterocycles. The molecule has 0 unspecified atom stereocenters. The lowest BCUT2D eigenvalue weighted by molar-refractivity contribution is 0.305. The number of hydrogen-bond acceptors (Lipinski definition) is 8. The average molecular weight is 419 g/mol. The molecule has 9 heteroatoms. The number of guanidine groups is 2. The van der Waals surface area contributed by atoms with Gasteiger partial charge in [-0.3, -0.25) is 4.90 Å². The summed E-state index contributed by atoms with van der Waals surface area (Å²) in [7, 11) is 1.52. The second kappa shape index (κ2) is 7.19. The van der Waals surface area contributed by atoms with Gasteiger partial charge in [-0.2, -0.15) is 4.99 Å². The van der Waals surface area contributed by atoms with Gasteiger partial charge in [-0.05, 0) is 62.1 Å². The summed E-state index contributed by atoms with van der Waals surface area (Å²) in [5, 5.41) is 9.86. The number of nitrogens with zero attached hydrogens (tertiary/aromatic N) is 4. The minimum Gasteiger partial charge on any atom is -0.504 e. The van der Waals surface area contributed by atoms with Gasteiger partial charge in [-0.1, -0.05) is 6.42 Å². The number of aromatic hydroxyl groups is 1. The Bertz CT molecular complexity index is 1210. The predicted molar refractivity (Wildman–Crippen MR) is 121 cm³/mol. The number of aliphatic imine (C=N–C) groups is 2. The van der Waals surface area contributed by atoms with Crippen molar-refractivity contribution in [3.05, 3.63) is 36.4 Å². The summed E-state index contributed by atoms with van der Waals surface area (Å²) >= 11 is 0. The third kappa shape index (κ3) is 3.22.